The first-order valence-corrected chi connectivity index (χ1v) is 15.5. The molecule has 4 rings (SSSR count). The molecule has 0 saturated heterocycles. The monoisotopic (exact) mass is 674 g/mol. The van der Waals surface area contributed by atoms with Crippen LogP contribution in [0.3, 0.4) is 0 Å². The molecule has 1 atom stereocenters. The summed E-state index contributed by atoms with van der Waals surface area (Å²) in [7, 11) is 1.58. The SMILES string of the molecule is CCOC(=O)CC1CCC(CN(CC)c2ncc(C(F)(F)F)cc2CN(c2ncn(C)n2)C(Cl)c2cccc(C(F)(F)F)c2)CC1. The molecule has 0 spiro atoms. The van der Waals surface area contributed by atoms with E-state index in [1.165, 1.54) is 28.0 Å². The van der Waals surface area contributed by atoms with Crippen LogP contribution >= 0.6 is 11.6 Å². The summed E-state index contributed by atoms with van der Waals surface area (Å²) < 4.78 is 88.7. The number of aryl methyl sites for hydroxylation is 1. The quantitative estimate of drug-likeness (QED) is 0.0841. The van der Waals surface area contributed by atoms with Crippen molar-refractivity contribution in [2.75, 3.05) is 29.5 Å². The molecule has 0 amide bonds. The number of carbonyl (C=O) groups is 1. The molecule has 3 aromatic rings. The number of hydrogen-bond donors (Lipinski definition) is 0. The lowest BCUT2D eigenvalue weighted by atomic mass is 9.80. The van der Waals surface area contributed by atoms with Gasteiger partial charge < -0.3 is 14.5 Å². The second-order valence-electron chi connectivity index (χ2n) is 11.4. The maximum absolute atomic E-state index is 13.9. The number of hydrogen-bond acceptors (Lipinski definition) is 7. The first-order chi connectivity index (χ1) is 21.7. The Labute approximate surface area is 268 Å². The van der Waals surface area contributed by atoms with Gasteiger partial charge in [0.15, 0.2) is 0 Å². The summed E-state index contributed by atoms with van der Waals surface area (Å²) in [6.45, 7) is 4.66. The average Bonchev–Trinajstić information content (AvgIpc) is 3.44. The second kappa shape index (κ2) is 14.9. The van der Waals surface area contributed by atoms with Crippen LogP contribution in [-0.4, -0.2) is 45.4 Å². The predicted octanol–water partition coefficient (Wildman–Crippen LogP) is 7.78. The Bertz CT molecular complexity index is 1460. The largest absolute Gasteiger partial charge is 0.466 e. The minimum atomic E-state index is -4.69. The maximum atomic E-state index is 13.9. The molecule has 0 radical (unpaired) electrons. The molecule has 0 aliphatic heterocycles. The van der Waals surface area contributed by atoms with Gasteiger partial charge in [0.05, 0.1) is 24.3 Å². The lowest BCUT2D eigenvalue weighted by Gasteiger charge is -2.34. The summed E-state index contributed by atoms with van der Waals surface area (Å²) in [5.74, 6) is 0.550. The molecule has 15 heteroatoms. The summed E-state index contributed by atoms with van der Waals surface area (Å²) in [5.41, 5.74) is -2.92. The fourth-order valence-corrected chi connectivity index (χ4v) is 6.04. The zero-order valence-corrected chi connectivity index (χ0v) is 26.5. The number of nitrogens with zero attached hydrogens (tertiary/aromatic N) is 6. The highest BCUT2D eigenvalue weighted by Gasteiger charge is 2.35. The first kappa shape index (κ1) is 35.3. The van der Waals surface area contributed by atoms with Crippen LogP contribution in [0.25, 0.3) is 0 Å². The molecule has 8 nitrogen and oxygen atoms in total. The van der Waals surface area contributed by atoms with Crippen molar-refractivity contribution in [1.29, 1.82) is 0 Å². The summed E-state index contributed by atoms with van der Waals surface area (Å²) in [6, 6.07) is 5.43. The number of carbonyl (C=O) groups excluding carboxylic acids is 1. The second-order valence-corrected chi connectivity index (χ2v) is 11.9. The van der Waals surface area contributed by atoms with Crippen molar-refractivity contribution < 1.29 is 35.9 Å². The molecule has 0 N–H and O–H groups in total. The minimum absolute atomic E-state index is 0.0197. The topological polar surface area (TPSA) is 76.4 Å². The predicted molar refractivity (Wildman–Crippen MR) is 161 cm³/mol. The van der Waals surface area contributed by atoms with E-state index in [4.69, 9.17) is 16.3 Å². The van der Waals surface area contributed by atoms with Gasteiger partial charge in [-0.05, 0) is 75.1 Å². The van der Waals surface area contributed by atoms with Crippen molar-refractivity contribution in [2.45, 2.75) is 70.3 Å². The number of aromatic nitrogens is 4. The summed E-state index contributed by atoms with van der Waals surface area (Å²) in [5, 5.41) is 4.26. The van der Waals surface area contributed by atoms with Gasteiger partial charge >= 0.3 is 18.3 Å². The number of halogens is 7. The third-order valence-electron chi connectivity index (χ3n) is 8.10. The van der Waals surface area contributed by atoms with Gasteiger partial charge in [-0.3, -0.25) is 9.48 Å². The smallest absolute Gasteiger partial charge is 0.417 e. The van der Waals surface area contributed by atoms with Crippen LogP contribution in [0, 0.1) is 11.8 Å². The zero-order valence-electron chi connectivity index (χ0n) is 25.8. The van der Waals surface area contributed by atoms with Crippen LogP contribution in [0.15, 0.2) is 42.9 Å². The number of ether oxygens (including phenoxy) is 1. The van der Waals surface area contributed by atoms with Crippen molar-refractivity contribution >= 4 is 29.3 Å². The van der Waals surface area contributed by atoms with Crippen LogP contribution in [0.5, 0.6) is 0 Å². The van der Waals surface area contributed by atoms with E-state index in [2.05, 4.69) is 15.1 Å². The van der Waals surface area contributed by atoms with Gasteiger partial charge in [-0.15, -0.1) is 5.10 Å². The van der Waals surface area contributed by atoms with Crippen LogP contribution in [0.2, 0.25) is 0 Å². The Balaban J connectivity index is 1.65. The zero-order chi connectivity index (χ0) is 33.6. The fourth-order valence-electron chi connectivity index (χ4n) is 5.75. The number of anilines is 2. The van der Waals surface area contributed by atoms with E-state index in [0.29, 0.717) is 31.9 Å². The number of esters is 1. The molecule has 1 fully saturated rings. The molecular formula is C31H37ClF6N6O2. The van der Waals surface area contributed by atoms with Gasteiger partial charge in [-0.25, -0.2) is 9.97 Å². The molecule has 46 heavy (non-hydrogen) atoms. The van der Waals surface area contributed by atoms with Gasteiger partial charge in [-0.1, -0.05) is 23.7 Å². The van der Waals surface area contributed by atoms with E-state index in [1.54, 1.807) is 14.0 Å². The third-order valence-corrected chi connectivity index (χ3v) is 8.59. The van der Waals surface area contributed by atoms with Crippen molar-refractivity contribution in [2.24, 2.45) is 18.9 Å². The molecule has 252 valence electrons. The average molecular weight is 675 g/mol. The maximum Gasteiger partial charge on any atom is 0.417 e. The Kier molecular flexibility index (Phi) is 11.4. The van der Waals surface area contributed by atoms with Gasteiger partial charge in [-0.2, -0.15) is 26.3 Å². The van der Waals surface area contributed by atoms with Crippen LogP contribution in [0.1, 0.15) is 73.7 Å². The summed E-state index contributed by atoms with van der Waals surface area (Å²) >= 11 is 6.79. The molecule has 2 aromatic heterocycles. The van der Waals surface area contributed by atoms with Crippen molar-refractivity contribution in [3.63, 3.8) is 0 Å². The Morgan fingerprint density at radius 3 is 2.28 bits per heavy atom. The molecule has 2 heterocycles. The Hall–Kier alpha value is -3.55. The summed E-state index contributed by atoms with van der Waals surface area (Å²) in [4.78, 5) is 23.7. The molecular weight excluding hydrogens is 638 g/mol. The van der Waals surface area contributed by atoms with E-state index in [0.717, 1.165) is 50.1 Å². The molecule has 1 aliphatic rings. The van der Waals surface area contributed by atoms with Gasteiger partial charge in [0.1, 0.15) is 17.6 Å². The lowest BCUT2D eigenvalue weighted by Crippen LogP contribution is -2.34. The number of pyridine rings is 1. The van der Waals surface area contributed by atoms with E-state index < -0.39 is 29.0 Å². The lowest BCUT2D eigenvalue weighted by molar-refractivity contribution is -0.144. The van der Waals surface area contributed by atoms with E-state index in [9.17, 15) is 31.1 Å². The Morgan fingerprint density at radius 1 is 1.02 bits per heavy atom. The highest BCUT2D eigenvalue weighted by atomic mass is 35.5. The van der Waals surface area contributed by atoms with Gasteiger partial charge in [0.25, 0.3) is 0 Å². The highest BCUT2D eigenvalue weighted by Crippen LogP contribution is 2.38. The van der Waals surface area contributed by atoms with Crippen LogP contribution in [-0.2, 0) is 35.5 Å². The normalized spacial score (nSPS) is 17.9. The minimum Gasteiger partial charge on any atom is -0.466 e. The van der Waals surface area contributed by atoms with Crippen molar-refractivity contribution in [1.82, 2.24) is 19.7 Å². The standard InChI is InChI=1S/C31H37ClF6N6O2/c1-4-43(17-21-11-9-20(10-12-21)13-26(45)46-5-2)28-23(15-25(16-39-28)31(36,37)38)18-44(29-40-19-42(3)41-29)27(32)22-7-6-8-24(14-22)30(33,34)35/h6-8,14-16,19-21,27H,4-5,9-13,17-18H2,1-3H3. The number of benzene rings is 1. The van der Waals surface area contributed by atoms with E-state index in [-0.39, 0.29) is 41.4 Å². The molecule has 1 aromatic carbocycles. The van der Waals surface area contributed by atoms with Crippen molar-refractivity contribution in [3.05, 3.63) is 65.1 Å². The Morgan fingerprint density at radius 2 is 1.70 bits per heavy atom. The van der Waals surface area contributed by atoms with Crippen LogP contribution < -0.4 is 9.80 Å². The highest BCUT2D eigenvalue weighted by molar-refractivity contribution is 6.21. The van der Waals surface area contributed by atoms with E-state index in [1.807, 2.05) is 11.8 Å². The van der Waals surface area contributed by atoms with Gasteiger partial charge in [0.2, 0.25) is 5.95 Å². The first-order valence-electron chi connectivity index (χ1n) is 15.1. The van der Waals surface area contributed by atoms with Crippen molar-refractivity contribution in [3.8, 4) is 0 Å². The molecule has 1 aliphatic carbocycles. The molecule has 1 saturated carbocycles. The number of alkyl halides is 7. The molecule has 0 bridgehead atoms. The fraction of sp³-hybridized carbons (Fsp3) is 0.548. The van der Waals surface area contributed by atoms with E-state index >= 15 is 0 Å². The summed E-state index contributed by atoms with van der Waals surface area (Å²) in [6.07, 6.45) is -3.48. The van der Waals surface area contributed by atoms with Crippen LogP contribution in [0.4, 0.5) is 38.1 Å². The van der Waals surface area contributed by atoms with Gasteiger partial charge in [0, 0.05) is 38.3 Å². The third kappa shape index (κ3) is 9.04. The molecule has 1 unspecified atom stereocenters. The number of rotatable bonds is 12.